The van der Waals surface area contributed by atoms with Gasteiger partial charge in [-0.2, -0.15) is 0 Å². The fraction of sp³-hybridized carbons (Fsp3) is 0.308. The second-order valence-corrected chi connectivity index (χ2v) is 4.08. The molecule has 0 unspecified atom stereocenters. The molecule has 0 saturated carbocycles. The molecule has 19 heavy (non-hydrogen) atoms. The van der Waals surface area contributed by atoms with Crippen LogP contribution < -0.4 is 0 Å². The summed E-state index contributed by atoms with van der Waals surface area (Å²) in [6.07, 6.45) is 6.40. The topological polar surface area (TPSA) is 74.3 Å². The maximum Gasteiger partial charge on any atom is 0.310 e. The molecule has 0 aromatic carbocycles. The zero-order valence-corrected chi connectivity index (χ0v) is 10.5. The van der Waals surface area contributed by atoms with Gasteiger partial charge in [0.2, 0.25) is 0 Å². The number of nitrogens with zero attached hydrogens (tertiary/aromatic N) is 2. The molecule has 2 aromatic rings. The number of carbonyl (C=O) groups excluding carboxylic acids is 2. The Morgan fingerprint density at radius 3 is 2.95 bits per heavy atom. The molecule has 0 radical (unpaired) electrons. The lowest BCUT2D eigenvalue weighted by molar-refractivity contribution is -0.145. The Hall–Kier alpha value is -2.37. The summed E-state index contributed by atoms with van der Waals surface area (Å²) >= 11 is 0. The van der Waals surface area contributed by atoms with Gasteiger partial charge in [-0.15, -0.1) is 0 Å². The van der Waals surface area contributed by atoms with Gasteiger partial charge in [-0.1, -0.05) is 0 Å². The highest BCUT2D eigenvalue weighted by Gasteiger charge is 2.24. The molecular weight excluding hydrogens is 248 g/mol. The van der Waals surface area contributed by atoms with Crippen LogP contribution in [0.1, 0.15) is 17.0 Å². The average Bonchev–Trinajstić information content (AvgIpc) is 3.09. The van der Waals surface area contributed by atoms with Crippen molar-refractivity contribution in [1.82, 2.24) is 9.55 Å². The Labute approximate surface area is 110 Å². The molecule has 2 rings (SSSR count). The number of ether oxygens (including phenoxy) is 1. The van der Waals surface area contributed by atoms with Crippen molar-refractivity contribution >= 4 is 11.8 Å². The van der Waals surface area contributed by atoms with Gasteiger partial charge in [-0.3, -0.25) is 9.59 Å². The maximum atomic E-state index is 11.9. The predicted molar refractivity (Wildman–Crippen MR) is 65.4 cm³/mol. The molecule has 100 valence electrons. The molecule has 0 aliphatic carbocycles. The van der Waals surface area contributed by atoms with Crippen LogP contribution in [-0.4, -0.2) is 28.4 Å². The van der Waals surface area contributed by atoms with Gasteiger partial charge in [0.05, 0.1) is 25.6 Å². The number of ketones is 1. The monoisotopic (exact) mass is 262 g/mol. The highest BCUT2D eigenvalue weighted by molar-refractivity contribution is 5.95. The largest absolute Gasteiger partial charge is 0.469 e. The molecule has 2 aromatic heterocycles. The van der Waals surface area contributed by atoms with Crippen LogP contribution in [0.3, 0.4) is 0 Å². The molecule has 0 aliphatic rings. The second kappa shape index (κ2) is 5.99. The number of carbonyl (C=O) groups is 2. The molecule has 1 atom stereocenters. The number of Topliss-reactive ketones (excluding diaryl/α,β-unsaturated/α-hetero) is 1. The summed E-state index contributed by atoms with van der Waals surface area (Å²) in [6, 6.07) is 3.21. The van der Waals surface area contributed by atoms with Crippen molar-refractivity contribution < 1.29 is 18.7 Å². The first-order valence-electron chi connectivity index (χ1n) is 5.81. The third-order valence-corrected chi connectivity index (χ3v) is 2.75. The van der Waals surface area contributed by atoms with Gasteiger partial charge >= 0.3 is 5.97 Å². The van der Waals surface area contributed by atoms with Crippen LogP contribution in [0.15, 0.2) is 41.5 Å². The van der Waals surface area contributed by atoms with Crippen molar-refractivity contribution in [3.8, 4) is 0 Å². The number of furan rings is 1. The summed E-state index contributed by atoms with van der Waals surface area (Å²) in [5.74, 6) is -0.953. The average molecular weight is 262 g/mol. The standard InChI is InChI=1S/C13H14N2O4/c1-18-13(17)10(8-15-5-4-14-9-15)7-11(16)12-3-2-6-19-12/h2-6,9-10H,7-8H2,1H3/t10-/m0/s1. The van der Waals surface area contributed by atoms with E-state index in [0.29, 0.717) is 6.54 Å². The Morgan fingerprint density at radius 1 is 1.53 bits per heavy atom. The van der Waals surface area contributed by atoms with Gasteiger partial charge in [0, 0.05) is 25.4 Å². The predicted octanol–water partition coefficient (Wildman–Crippen LogP) is 1.54. The number of rotatable bonds is 6. The first-order valence-corrected chi connectivity index (χ1v) is 5.81. The van der Waals surface area contributed by atoms with Gasteiger partial charge in [0.15, 0.2) is 11.5 Å². The van der Waals surface area contributed by atoms with E-state index in [2.05, 4.69) is 4.98 Å². The van der Waals surface area contributed by atoms with E-state index in [-0.39, 0.29) is 18.0 Å². The molecule has 6 heteroatoms. The third kappa shape index (κ3) is 3.31. The van der Waals surface area contributed by atoms with Crippen LogP contribution in [-0.2, 0) is 16.1 Å². The van der Waals surface area contributed by atoms with Gasteiger partial charge in [0.25, 0.3) is 0 Å². The molecule has 2 heterocycles. The quantitative estimate of drug-likeness (QED) is 0.583. The summed E-state index contributed by atoms with van der Waals surface area (Å²) in [6.45, 7) is 0.346. The first-order chi connectivity index (χ1) is 9.20. The zero-order valence-electron chi connectivity index (χ0n) is 10.5. The van der Waals surface area contributed by atoms with Crippen LogP contribution in [0, 0.1) is 5.92 Å². The second-order valence-electron chi connectivity index (χ2n) is 4.08. The van der Waals surface area contributed by atoms with E-state index in [0.717, 1.165) is 0 Å². The highest BCUT2D eigenvalue weighted by Crippen LogP contribution is 2.14. The van der Waals surface area contributed by atoms with Crippen LogP contribution >= 0.6 is 0 Å². The van der Waals surface area contributed by atoms with Crippen LogP contribution in [0.4, 0.5) is 0 Å². The van der Waals surface area contributed by atoms with Crippen LogP contribution in [0.2, 0.25) is 0 Å². The van der Waals surface area contributed by atoms with Crippen molar-refractivity contribution in [3.63, 3.8) is 0 Å². The van der Waals surface area contributed by atoms with E-state index in [9.17, 15) is 9.59 Å². The number of imidazole rings is 1. The van der Waals surface area contributed by atoms with Crippen molar-refractivity contribution in [2.45, 2.75) is 13.0 Å². The minimum absolute atomic E-state index is 0.0400. The summed E-state index contributed by atoms with van der Waals surface area (Å²) in [5, 5.41) is 0. The Balaban J connectivity index is 2.06. The van der Waals surface area contributed by atoms with Crippen LogP contribution in [0.5, 0.6) is 0 Å². The fourth-order valence-electron chi connectivity index (χ4n) is 1.80. The Kier molecular flexibility index (Phi) is 4.12. The lowest BCUT2D eigenvalue weighted by Crippen LogP contribution is -2.24. The number of esters is 1. The van der Waals surface area contributed by atoms with E-state index in [4.69, 9.17) is 9.15 Å². The third-order valence-electron chi connectivity index (χ3n) is 2.75. The number of hydrogen-bond acceptors (Lipinski definition) is 5. The SMILES string of the molecule is COC(=O)[C@@H](CC(=O)c1ccco1)Cn1ccnc1. The van der Waals surface area contributed by atoms with E-state index in [1.807, 2.05) is 0 Å². The number of hydrogen-bond donors (Lipinski definition) is 0. The Morgan fingerprint density at radius 2 is 2.37 bits per heavy atom. The van der Waals surface area contributed by atoms with Crippen LogP contribution in [0.25, 0.3) is 0 Å². The van der Waals surface area contributed by atoms with Crippen molar-refractivity contribution in [2.75, 3.05) is 7.11 Å². The Bertz CT molecular complexity index is 531. The van der Waals surface area contributed by atoms with Crippen molar-refractivity contribution in [3.05, 3.63) is 42.9 Å². The normalized spacial score (nSPS) is 12.1. The minimum Gasteiger partial charge on any atom is -0.469 e. The molecule has 0 N–H and O–H groups in total. The summed E-state index contributed by atoms with van der Waals surface area (Å²) in [5.41, 5.74) is 0. The maximum absolute atomic E-state index is 11.9. The van der Waals surface area contributed by atoms with Crippen molar-refractivity contribution in [1.29, 1.82) is 0 Å². The van der Waals surface area contributed by atoms with Gasteiger partial charge in [-0.25, -0.2) is 4.98 Å². The molecule has 0 spiro atoms. The number of aromatic nitrogens is 2. The molecule has 6 nitrogen and oxygen atoms in total. The molecule has 0 bridgehead atoms. The van der Waals surface area contributed by atoms with E-state index in [1.54, 1.807) is 35.4 Å². The zero-order chi connectivity index (χ0) is 13.7. The smallest absolute Gasteiger partial charge is 0.310 e. The van der Waals surface area contributed by atoms with Gasteiger partial charge in [0.1, 0.15) is 0 Å². The summed E-state index contributed by atoms with van der Waals surface area (Å²) < 4.78 is 11.5. The van der Waals surface area contributed by atoms with Crippen molar-refractivity contribution in [2.24, 2.45) is 5.92 Å². The van der Waals surface area contributed by atoms with Gasteiger partial charge < -0.3 is 13.7 Å². The van der Waals surface area contributed by atoms with Gasteiger partial charge in [-0.05, 0) is 12.1 Å². The van der Waals surface area contributed by atoms with E-state index < -0.39 is 11.9 Å². The lowest BCUT2D eigenvalue weighted by atomic mass is 10.0. The lowest BCUT2D eigenvalue weighted by Gasteiger charge is -2.13. The molecule has 0 fully saturated rings. The fourth-order valence-corrected chi connectivity index (χ4v) is 1.80. The molecule has 0 aliphatic heterocycles. The first kappa shape index (κ1) is 13.1. The summed E-state index contributed by atoms with van der Waals surface area (Å²) in [7, 11) is 1.31. The molecule has 0 amide bonds. The molecular formula is C13H14N2O4. The highest BCUT2D eigenvalue weighted by atomic mass is 16.5. The number of methoxy groups -OCH3 is 1. The minimum atomic E-state index is -0.559. The van der Waals surface area contributed by atoms with E-state index in [1.165, 1.54) is 13.4 Å². The van der Waals surface area contributed by atoms with E-state index >= 15 is 0 Å². The summed E-state index contributed by atoms with van der Waals surface area (Å²) in [4.78, 5) is 27.5. The molecule has 0 saturated heterocycles.